The number of hydrogen-bond donors (Lipinski definition) is 1. The Morgan fingerprint density at radius 3 is 2.55 bits per heavy atom. The molecule has 0 aliphatic heterocycles. The number of halogens is 1. The Kier molecular flexibility index (Phi) is 4.62. The van der Waals surface area contributed by atoms with Crippen molar-refractivity contribution in [2.45, 2.75) is 0 Å². The van der Waals surface area contributed by atoms with Gasteiger partial charge in [-0.25, -0.2) is 4.79 Å². The predicted molar refractivity (Wildman–Crippen MR) is 83.7 cm³/mol. The number of anilines is 1. The van der Waals surface area contributed by atoms with Crippen LogP contribution in [-0.2, 0) is 0 Å². The molecule has 22 heavy (non-hydrogen) atoms. The first-order valence-corrected chi connectivity index (χ1v) is 6.86. The molecule has 1 N–H and O–H groups in total. The fraction of sp³-hybridized carbons (Fsp3) is 0.0714. The van der Waals surface area contributed by atoms with Crippen LogP contribution < -0.4 is 9.64 Å². The van der Waals surface area contributed by atoms with Gasteiger partial charge in [-0.1, -0.05) is 22.0 Å². The van der Waals surface area contributed by atoms with Gasteiger partial charge in [0.05, 0.1) is 4.92 Å². The van der Waals surface area contributed by atoms with Crippen LogP contribution in [0.5, 0.6) is 11.5 Å². The largest absolute Gasteiger partial charge is 0.465 e. The summed E-state index contributed by atoms with van der Waals surface area (Å²) in [6.07, 6.45) is -1.30. The lowest BCUT2D eigenvalue weighted by Gasteiger charge is -2.14. The van der Waals surface area contributed by atoms with Crippen LogP contribution in [0.15, 0.2) is 46.9 Å². The summed E-state index contributed by atoms with van der Waals surface area (Å²) >= 11 is 3.31. The molecule has 7 nitrogen and oxygen atoms in total. The zero-order valence-corrected chi connectivity index (χ0v) is 13.0. The van der Waals surface area contributed by atoms with Crippen molar-refractivity contribution in [3.63, 3.8) is 0 Å². The van der Waals surface area contributed by atoms with Gasteiger partial charge in [0.2, 0.25) is 0 Å². The van der Waals surface area contributed by atoms with Gasteiger partial charge >= 0.3 is 6.09 Å². The van der Waals surface area contributed by atoms with Crippen molar-refractivity contribution in [1.82, 2.24) is 0 Å². The van der Waals surface area contributed by atoms with Gasteiger partial charge in [-0.2, -0.15) is 0 Å². The lowest BCUT2D eigenvalue weighted by atomic mass is 10.2. The fourth-order valence-corrected chi connectivity index (χ4v) is 2.14. The molecule has 0 aromatic heterocycles. The maximum absolute atomic E-state index is 11.0. The SMILES string of the molecule is CN(C(=O)O)c1cc(Oc2cccc(Br)c2)ccc1[N+](=O)[O-]. The Morgan fingerprint density at radius 1 is 1.27 bits per heavy atom. The maximum atomic E-state index is 11.0. The second kappa shape index (κ2) is 6.44. The van der Waals surface area contributed by atoms with Gasteiger partial charge in [0.25, 0.3) is 5.69 Å². The van der Waals surface area contributed by atoms with E-state index in [1.54, 1.807) is 18.2 Å². The Hall–Kier alpha value is -2.61. The summed E-state index contributed by atoms with van der Waals surface area (Å²) in [7, 11) is 1.23. The molecule has 2 aromatic carbocycles. The number of nitrogens with zero attached hydrogens (tertiary/aromatic N) is 2. The molecule has 0 saturated carbocycles. The lowest BCUT2D eigenvalue weighted by Crippen LogP contribution is -2.24. The van der Waals surface area contributed by atoms with Crippen LogP contribution in [0.3, 0.4) is 0 Å². The van der Waals surface area contributed by atoms with Crippen LogP contribution >= 0.6 is 15.9 Å². The number of nitro benzene ring substituents is 1. The molecule has 0 heterocycles. The van der Waals surface area contributed by atoms with Crippen LogP contribution in [0, 0.1) is 10.1 Å². The normalized spacial score (nSPS) is 10.1. The Labute approximate surface area is 134 Å². The molecule has 1 amide bonds. The van der Waals surface area contributed by atoms with E-state index in [-0.39, 0.29) is 11.4 Å². The fourth-order valence-electron chi connectivity index (χ4n) is 1.76. The number of carboxylic acid groups (broad SMARTS) is 1. The third-order valence-corrected chi connectivity index (χ3v) is 3.32. The Morgan fingerprint density at radius 2 is 1.95 bits per heavy atom. The molecular weight excluding hydrogens is 356 g/mol. The molecule has 114 valence electrons. The van der Waals surface area contributed by atoms with E-state index in [0.29, 0.717) is 11.5 Å². The van der Waals surface area contributed by atoms with E-state index in [1.165, 1.54) is 25.2 Å². The monoisotopic (exact) mass is 366 g/mol. The molecule has 2 rings (SSSR count). The third kappa shape index (κ3) is 3.53. The minimum Gasteiger partial charge on any atom is -0.465 e. The number of nitro groups is 1. The summed E-state index contributed by atoms with van der Waals surface area (Å²) in [5, 5.41) is 20.0. The van der Waals surface area contributed by atoms with Gasteiger partial charge in [-0.3, -0.25) is 15.0 Å². The highest BCUT2D eigenvalue weighted by atomic mass is 79.9. The maximum Gasteiger partial charge on any atom is 0.411 e. The highest BCUT2D eigenvalue weighted by Crippen LogP contribution is 2.34. The van der Waals surface area contributed by atoms with Crippen LogP contribution in [0.4, 0.5) is 16.2 Å². The minimum absolute atomic E-state index is 0.0648. The van der Waals surface area contributed by atoms with E-state index >= 15 is 0 Å². The first-order valence-electron chi connectivity index (χ1n) is 6.07. The average molecular weight is 367 g/mol. The van der Waals surface area contributed by atoms with Gasteiger partial charge in [-0.15, -0.1) is 0 Å². The van der Waals surface area contributed by atoms with Crippen molar-refractivity contribution in [2.75, 3.05) is 11.9 Å². The van der Waals surface area contributed by atoms with Crippen LogP contribution in [-0.4, -0.2) is 23.2 Å². The molecule has 0 bridgehead atoms. The summed E-state index contributed by atoms with van der Waals surface area (Å²) in [6.45, 7) is 0. The summed E-state index contributed by atoms with van der Waals surface area (Å²) in [4.78, 5) is 22.2. The number of hydrogen-bond acceptors (Lipinski definition) is 4. The van der Waals surface area contributed by atoms with Crippen LogP contribution in [0.2, 0.25) is 0 Å². The van der Waals surface area contributed by atoms with Crippen molar-refractivity contribution in [3.05, 3.63) is 57.1 Å². The number of benzene rings is 2. The zero-order valence-electron chi connectivity index (χ0n) is 11.4. The summed E-state index contributed by atoms with van der Waals surface area (Å²) in [5.41, 5.74) is -0.378. The highest BCUT2D eigenvalue weighted by Gasteiger charge is 2.22. The van der Waals surface area contributed by atoms with Crippen molar-refractivity contribution in [3.8, 4) is 11.5 Å². The Bertz CT molecular complexity index is 735. The number of amides is 1. The number of ether oxygens (including phenoxy) is 1. The highest BCUT2D eigenvalue weighted by molar-refractivity contribution is 9.10. The van der Waals surface area contributed by atoms with Gasteiger partial charge in [0.1, 0.15) is 17.2 Å². The number of carbonyl (C=O) groups is 1. The van der Waals surface area contributed by atoms with Crippen LogP contribution in [0.25, 0.3) is 0 Å². The minimum atomic E-state index is -1.30. The van der Waals surface area contributed by atoms with E-state index in [4.69, 9.17) is 9.84 Å². The summed E-state index contributed by atoms with van der Waals surface area (Å²) in [6, 6.07) is 11.0. The Balaban J connectivity index is 2.40. The van der Waals surface area contributed by atoms with Crippen molar-refractivity contribution in [1.29, 1.82) is 0 Å². The molecule has 0 saturated heterocycles. The quantitative estimate of drug-likeness (QED) is 0.644. The first-order chi connectivity index (χ1) is 10.4. The second-order valence-electron chi connectivity index (χ2n) is 4.31. The van der Waals surface area contributed by atoms with Gasteiger partial charge in [0, 0.05) is 23.7 Å². The molecule has 0 radical (unpaired) electrons. The molecule has 0 fully saturated rings. The molecule has 8 heteroatoms. The number of rotatable bonds is 4. The molecular formula is C14H11BrN2O5. The van der Waals surface area contributed by atoms with Crippen molar-refractivity contribution >= 4 is 33.4 Å². The van der Waals surface area contributed by atoms with E-state index in [1.807, 2.05) is 6.07 Å². The summed E-state index contributed by atoms with van der Waals surface area (Å²) < 4.78 is 6.41. The van der Waals surface area contributed by atoms with E-state index in [2.05, 4.69) is 15.9 Å². The molecule has 0 aliphatic rings. The van der Waals surface area contributed by atoms with Gasteiger partial charge in [0.15, 0.2) is 0 Å². The second-order valence-corrected chi connectivity index (χ2v) is 5.22. The zero-order chi connectivity index (χ0) is 16.3. The molecule has 0 atom stereocenters. The molecule has 0 spiro atoms. The lowest BCUT2D eigenvalue weighted by molar-refractivity contribution is -0.384. The summed E-state index contributed by atoms with van der Waals surface area (Å²) in [5.74, 6) is 0.818. The van der Waals surface area contributed by atoms with Crippen LogP contribution in [0.1, 0.15) is 0 Å². The van der Waals surface area contributed by atoms with E-state index in [0.717, 1.165) is 9.37 Å². The van der Waals surface area contributed by atoms with Crippen molar-refractivity contribution in [2.24, 2.45) is 0 Å². The van der Waals surface area contributed by atoms with E-state index < -0.39 is 11.0 Å². The van der Waals surface area contributed by atoms with Gasteiger partial charge < -0.3 is 9.84 Å². The smallest absolute Gasteiger partial charge is 0.411 e. The molecule has 0 unspecified atom stereocenters. The average Bonchev–Trinajstić information content (AvgIpc) is 2.46. The van der Waals surface area contributed by atoms with Crippen molar-refractivity contribution < 1.29 is 19.6 Å². The first kappa shape index (κ1) is 15.8. The standard InChI is InChI=1S/C14H11BrN2O5/c1-16(14(18)19)13-8-11(5-6-12(13)17(20)21)22-10-4-2-3-9(15)7-10/h2-8H,1H3,(H,18,19). The molecule has 0 aliphatic carbocycles. The predicted octanol–water partition coefficient (Wildman–Crippen LogP) is 4.26. The van der Waals surface area contributed by atoms with E-state index in [9.17, 15) is 14.9 Å². The third-order valence-electron chi connectivity index (χ3n) is 2.82. The van der Waals surface area contributed by atoms with Gasteiger partial charge in [-0.05, 0) is 24.3 Å². The topological polar surface area (TPSA) is 92.9 Å². The molecule has 2 aromatic rings.